The molecule has 0 saturated carbocycles. The normalized spacial score (nSPS) is 20.5. The molecular weight excluding hydrogens is 368 g/mol. The number of rotatable bonds is 4. The molecule has 0 aliphatic carbocycles. The molecule has 2 atom stereocenters. The first kappa shape index (κ1) is 16.2. The van der Waals surface area contributed by atoms with E-state index in [9.17, 15) is 5.11 Å². The van der Waals surface area contributed by atoms with E-state index in [-0.39, 0.29) is 18.8 Å². The second kappa shape index (κ2) is 6.87. The number of fused-ring (bicyclic) bond motifs is 1. The van der Waals surface area contributed by atoms with E-state index >= 15 is 0 Å². The number of aliphatic hydroxyl groups excluding tert-OH is 1. The van der Waals surface area contributed by atoms with E-state index < -0.39 is 0 Å². The molecule has 1 aromatic heterocycles. The minimum atomic E-state index is -0.0140. The van der Waals surface area contributed by atoms with Crippen molar-refractivity contribution in [3.05, 3.63) is 27.3 Å². The summed E-state index contributed by atoms with van der Waals surface area (Å²) in [5.74, 6) is 0.0283. The molecule has 1 aromatic carbocycles. The smallest absolute Gasteiger partial charge is 0.150 e. The zero-order valence-corrected chi connectivity index (χ0v) is 14.9. The molecule has 2 unspecified atom stereocenters. The number of ether oxygens (including phenoxy) is 1. The highest BCUT2D eigenvalue weighted by molar-refractivity contribution is 9.10. The summed E-state index contributed by atoms with van der Waals surface area (Å²) in [7, 11) is 0. The van der Waals surface area contributed by atoms with Crippen molar-refractivity contribution in [2.24, 2.45) is 0 Å². The number of hydrogen-bond donors (Lipinski definition) is 1. The van der Waals surface area contributed by atoms with E-state index in [1.807, 2.05) is 23.9 Å². The van der Waals surface area contributed by atoms with Gasteiger partial charge in [0.1, 0.15) is 0 Å². The highest BCUT2D eigenvalue weighted by Gasteiger charge is 2.23. The van der Waals surface area contributed by atoms with Gasteiger partial charge in [0.15, 0.2) is 6.23 Å². The predicted molar refractivity (Wildman–Crippen MR) is 91.4 cm³/mol. The molecule has 3 rings (SSSR count). The maximum absolute atomic E-state index is 9.59. The first-order chi connectivity index (χ1) is 10.7. The number of aromatic nitrogens is 2. The fourth-order valence-electron chi connectivity index (χ4n) is 3.08. The van der Waals surface area contributed by atoms with Crippen molar-refractivity contribution in [1.29, 1.82) is 0 Å². The van der Waals surface area contributed by atoms with Crippen molar-refractivity contribution < 1.29 is 9.84 Å². The van der Waals surface area contributed by atoms with Gasteiger partial charge in [-0.1, -0.05) is 18.5 Å². The molecule has 1 N–H and O–H groups in total. The molecule has 0 spiro atoms. The van der Waals surface area contributed by atoms with Crippen molar-refractivity contribution in [3.63, 3.8) is 0 Å². The SMILES string of the molecule is CCC(CO)c1c(Cl)cc2c(cnn2C2CCCCO2)c1Br. The largest absolute Gasteiger partial charge is 0.396 e. The molecule has 1 aliphatic rings. The molecule has 2 aromatic rings. The second-order valence-electron chi connectivity index (χ2n) is 5.72. The summed E-state index contributed by atoms with van der Waals surface area (Å²) >= 11 is 10.2. The van der Waals surface area contributed by atoms with Gasteiger partial charge in [0.2, 0.25) is 0 Å². The second-order valence-corrected chi connectivity index (χ2v) is 6.92. The monoisotopic (exact) mass is 386 g/mol. The average molecular weight is 388 g/mol. The van der Waals surface area contributed by atoms with E-state index in [0.29, 0.717) is 5.02 Å². The van der Waals surface area contributed by atoms with Crippen LogP contribution >= 0.6 is 27.5 Å². The highest BCUT2D eigenvalue weighted by Crippen LogP contribution is 2.40. The first-order valence-electron chi connectivity index (χ1n) is 7.75. The van der Waals surface area contributed by atoms with Gasteiger partial charge in [-0.15, -0.1) is 0 Å². The van der Waals surface area contributed by atoms with Crippen molar-refractivity contribution in [3.8, 4) is 0 Å². The Hall–Kier alpha value is -0.620. The quantitative estimate of drug-likeness (QED) is 0.831. The molecule has 1 aliphatic heterocycles. The number of halogens is 2. The van der Waals surface area contributed by atoms with Gasteiger partial charge in [-0.3, -0.25) is 0 Å². The van der Waals surface area contributed by atoms with Crippen LogP contribution in [0.25, 0.3) is 10.9 Å². The van der Waals surface area contributed by atoms with Crippen molar-refractivity contribution in [2.45, 2.75) is 44.8 Å². The lowest BCUT2D eigenvalue weighted by Gasteiger charge is -2.24. The third-order valence-electron chi connectivity index (χ3n) is 4.38. The summed E-state index contributed by atoms with van der Waals surface area (Å²) in [5, 5.41) is 15.8. The van der Waals surface area contributed by atoms with Gasteiger partial charge in [-0.25, -0.2) is 4.68 Å². The molecule has 0 amide bonds. The maximum Gasteiger partial charge on any atom is 0.150 e. The topological polar surface area (TPSA) is 47.3 Å². The van der Waals surface area contributed by atoms with Crippen LogP contribution in [-0.2, 0) is 4.74 Å². The Kier molecular flexibility index (Phi) is 5.07. The molecule has 0 bridgehead atoms. The Morgan fingerprint density at radius 1 is 1.55 bits per heavy atom. The standard InChI is InChI=1S/C16H20BrClN2O2/c1-2-10(9-21)15-12(18)7-13-11(16(15)17)8-19-20(13)14-5-3-4-6-22-14/h7-8,10,14,21H,2-6,9H2,1H3. The lowest BCUT2D eigenvalue weighted by atomic mass is 9.96. The number of aliphatic hydroxyl groups is 1. The van der Waals surface area contributed by atoms with E-state index in [1.165, 1.54) is 0 Å². The van der Waals surface area contributed by atoms with Crippen LogP contribution in [0.3, 0.4) is 0 Å². The first-order valence-corrected chi connectivity index (χ1v) is 8.92. The van der Waals surface area contributed by atoms with E-state index in [4.69, 9.17) is 16.3 Å². The molecule has 0 radical (unpaired) electrons. The summed E-state index contributed by atoms with van der Waals surface area (Å²) in [6.07, 6.45) is 5.91. The number of benzene rings is 1. The predicted octanol–water partition coefficient (Wildman–Crippen LogP) is 4.64. The van der Waals surface area contributed by atoms with Crippen LogP contribution in [0.15, 0.2) is 16.7 Å². The zero-order chi connectivity index (χ0) is 15.7. The van der Waals surface area contributed by atoms with Crippen LogP contribution in [-0.4, -0.2) is 28.1 Å². The third kappa shape index (κ3) is 2.80. The Labute approximate surface area is 143 Å². The molecule has 22 heavy (non-hydrogen) atoms. The van der Waals surface area contributed by atoms with Crippen molar-refractivity contribution in [1.82, 2.24) is 9.78 Å². The van der Waals surface area contributed by atoms with E-state index in [1.54, 1.807) is 0 Å². The van der Waals surface area contributed by atoms with Crippen LogP contribution in [0.2, 0.25) is 5.02 Å². The van der Waals surface area contributed by atoms with Gasteiger partial charge in [0, 0.05) is 27.4 Å². The summed E-state index contributed by atoms with van der Waals surface area (Å²) in [6, 6.07) is 1.94. The van der Waals surface area contributed by atoms with Crippen LogP contribution in [0.4, 0.5) is 0 Å². The van der Waals surface area contributed by atoms with Gasteiger partial charge in [0.05, 0.1) is 18.3 Å². The summed E-state index contributed by atoms with van der Waals surface area (Å²) in [6.45, 7) is 2.91. The minimum absolute atomic E-state index is 0.0140. The van der Waals surface area contributed by atoms with Gasteiger partial charge < -0.3 is 9.84 Å². The Morgan fingerprint density at radius 3 is 3.00 bits per heavy atom. The van der Waals surface area contributed by atoms with Crippen LogP contribution in [0.5, 0.6) is 0 Å². The Bertz CT molecular complexity index is 664. The summed E-state index contributed by atoms with van der Waals surface area (Å²) in [5.41, 5.74) is 1.93. The minimum Gasteiger partial charge on any atom is -0.396 e. The molecule has 1 fully saturated rings. The number of nitrogens with zero attached hydrogens (tertiary/aromatic N) is 2. The van der Waals surface area contributed by atoms with Crippen LogP contribution < -0.4 is 0 Å². The van der Waals surface area contributed by atoms with Gasteiger partial charge >= 0.3 is 0 Å². The van der Waals surface area contributed by atoms with Crippen molar-refractivity contribution >= 4 is 38.4 Å². The molecular formula is C16H20BrClN2O2. The van der Waals surface area contributed by atoms with Crippen LogP contribution in [0.1, 0.15) is 50.3 Å². The lowest BCUT2D eigenvalue weighted by molar-refractivity contribution is -0.0366. The Balaban J connectivity index is 2.09. The van der Waals surface area contributed by atoms with Gasteiger partial charge in [0.25, 0.3) is 0 Å². The maximum atomic E-state index is 9.59. The van der Waals surface area contributed by atoms with E-state index in [0.717, 1.165) is 53.2 Å². The summed E-state index contributed by atoms with van der Waals surface area (Å²) in [4.78, 5) is 0. The fourth-order valence-corrected chi connectivity index (χ4v) is 4.39. The van der Waals surface area contributed by atoms with Crippen molar-refractivity contribution in [2.75, 3.05) is 13.2 Å². The molecule has 1 saturated heterocycles. The van der Waals surface area contributed by atoms with Crippen LogP contribution in [0, 0.1) is 0 Å². The van der Waals surface area contributed by atoms with Gasteiger partial charge in [-0.2, -0.15) is 5.10 Å². The molecule has 6 heteroatoms. The number of hydrogen-bond acceptors (Lipinski definition) is 3. The Morgan fingerprint density at radius 2 is 2.36 bits per heavy atom. The lowest BCUT2D eigenvalue weighted by Crippen LogP contribution is -2.19. The molecule has 120 valence electrons. The van der Waals surface area contributed by atoms with E-state index in [2.05, 4.69) is 21.0 Å². The highest BCUT2D eigenvalue weighted by atomic mass is 79.9. The zero-order valence-electron chi connectivity index (χ0n) is 12.6. The third-order valence-corrected chi connectivity index (χ3v) is 5.54. The fraction of sp³-hybridized carbons (Fsp3) is 0.562. The summed E-state index contributed by atoms with van der Waals surface area (Å²) < 4.78 is 8.69. The molecule has 4 nitrogen and oxygen atoms in total. The molecule has 2 heterocycles. The average Bonchev–Trinajstić information content (AvgIpc) is 2.96. The van der Waals surface area contributed by atoms with Gasteiger partial charge in [-0.05, 0) is 53.2 Å².